The number of rotatable bonds is 4. The molecule has 22 heavy (non-hydrogen) atoms. The van der Waals surface area contributed by atoms with Gasteiger partial charge in [-0.3, -0.25) is 4.79 Å². The lowest BCUT2D eigenvalue weighted by Crippen LogP contribution is -2.33. The summed E-state index contributed by atoms with van der Waals surface area (Å²) >= 11 is 0. The van der Waals surface area contributed by atoms with Crippen molar-refractivity contribution >= 4 is 5.91 Å². The largest absolute Gasteiger partial charge is 0.331 e. The van der Waals surface area contributed by atoms with Gasteiger partial charge in [-0.2, -0.15) is 0 Å². The maximum absolute atomic E-state index is 13.8. The Morgan fingerprint density at radius 1 is 1.05 bits per heavy atom. The molecule has 0 heterocycles. The standard InChI is InChI=1S/C17H14F3NO/c18-12-3-1-2-11(8-12)10-21(14-5-6-14)17(22)15-7-4-13(19)9-16(15)20/h1-4,7-9,14H,5-6,10H2. The van der Waals surface area contributed by atoms with Crippen LogP contribution < -0.4 is 0 Å². The lowest BCUT2D eigenvalue weighted by atomic mass is 10.1. The number of carbonyl (C=O) groups excluding carboxylic acids is 1. The molecule has 0 bridgehead atoms. The molecule has 2 aromatic carbocycles. The lowest BCUT2D eigenvalue weighted by molar-refractivity contribution is 0.0725. The van der Waals surface area contributed by atoms with Crippen LogP contribution in [0, 0.1) is 17.5 Å². The van der Waals surface area contributed by atoms with Crippen LogP contribution in [0.2, 0.25) is 0 Å². The summed E-state index contributed by atoms with van der Waals surface area (Å²) in [4.78, 5) is 14.0. The fraction of sp³-hybridized carbons (Fsp3) is 0.235. The zero-order valence-electron chi connectivity index (χ0n) is 11.7. The summed E-state index contributed by atoms with van der Waals surface area (Å²) in [6, 6.07) is 8.89. The Labute approximate surface area is 126 Å². The van der Waals surface area contributed by atoms with Crippen molar-refractivity contribution in [2.75, 3.05) is 0 Å². The zero-order valence-corrected chi connectivity index (χ0v) is 11.7. The van der Waals surface area contributed by atoms with E-state index in [1.54, 1.807) is 12.1 Å². The molecule has 1 amide bonds. The molecular formula is C17H14F3NO. The van der Waals surface area contributed by atoms with Gasteiger partial charge in [0.2, 0.25) is 0 Å². The van der Waals surface area contributed by atoms with Crippen LogP contribution in [0.25, 0.3) is 0 Å². The molecule has 0 saturated heterocycles. The predicted octanol–water partition coefficient (Wildman–Crippen LogP) is 3.91. The fourth-order valence-electron chi connectivity index (χ4n) is 2.40. The molecule has 1 aliphatic carbocycles. The SMILES string of the molecule is O=C(c1ccc(F)cc1F)N(Cc1cccc(F)c1)C1CC1. The highest BCUT2D eigenvalue weighted by atomic mass is 19.1. The van der Waals surface area contributed by atoms with Crippen molar-refractivity contribution in [3.8, 4) is 0 Å². The maximum atomic E-state index is 13.8. The minimum absolute atomic E-state index is 0.0280. The van der Waals surface area contributed by atoms with E-state index in [9.17, 15) is 18.0 Å². The Hall–Kier alpha value is -2.30. The van der Waals surface area contributed by atoms with Crippen LogP contribution in [0.4, 0.5) is 13.2 Å². The van der Waals surface area contributed by atoms with E-state index in [0.29, 0.717) is 11.6 Å². The summed E-state index contributed by atoms with van der Waals surface area (Å²) in [5, 5.41) is 0. The lowest BCUT2D eigenvalue weighted by Gasteiger charge is -2.23. The molecule has 0 unspecified atom stereocenters. The molecule has 2 nitrogen and oxygen atoms in total. The van der Waals surface area contributed by atoms with Gasteiger partial charge in [0.15, 0.2) is 0 Å². The number of halogens is 3. The van der Waals surface area contributed by atoms with Crippen molar-refractivity contribution in [2.24, 2.45) is 0 Å². The molecule has 0 radical (unpaired) electrons. The number of amides is 1. The van der Waals surface area contributed by atoms with E-state index in [-0.39, 0.29) is 24.0 Å². The number of benzene rings is 2. The summed E-state index contributed by atoms with van der Waals surface area (Å²) in [6.45, 7) is 0.206. The van der Waals surface area contributed by atoms with Gasteiger partial charge in [0.05, 0.1) is 5.56 Å². The molecule has 5 heteroatoms. The molecular weight excluding hydrogens is 291 g/mol. The third-order valence-corrected chi connectivity index (χ3v) is 3.65. The van der Waals surface area contributed by atoms with E-state index in [1.807, 2.05) is 0 Å². The van der Waals surface area contributed by atoms with E-state index in [0.717, 1.165) is 25.0 Å². The average Bonchev–Trinajstić information content (AvgIpc) is 3.29. The Kier molecular flexibility index (Phi) is 3.88. The second kappa shape index (κ2) is 5.83. The number of nitrogens with zero attached hydrogens (tertiary/aromatic N) is 1. The summed E-state index contributed by atoms with van der Waals surface area (Å²) in [6.07, 6.45) is 1.67. The topological polar surface area (TPSA) is 20.3 Å². The third-order valence-electron chi connectivity index (χ3n) is 3.65. The van der Waals surface area contributed by atoms with Gasteiger partial charge in [-0.1, -0.05) is 12.1 Å². The highest BCUT2D eigenvalue weighted by Gasteiger charge is 2.34. The second-order valence-corrected chi connectivity index (χ2v) is 5.42. The zero-order chi connectivity index (χ0) is 15.7. The average molecular weight is 305 g/mol. The first-order valence-corrected chi connectivity index (χ1v) is 7.05. The third kappa shape index (κ3) is 3.13. The number of hydrogen-bond donors (Lipinski definition) is 0. The van der Waals surface area contributed by atoms with Gasteiger partial charge in [-0.15, -0.1) is 0 Å². The van der Waals surface area contributed by atoms with E-state index in [4.69, 9.17) is 0 Å². The quantitative estimate of drug-likeness (QED) is 0.838. The summed E-state index contributed by atoms with van der Waals surface area (Å²) < 4.78 is 40.0. The van der Waals surface area contributed by atoms with Gasteiger partial charge in [-0.05, 0) is 42.7 Å². The van der Waals surface area contributed by atoms with Crippen molar-refractivity contribution in [3.05, 3.63) is 71.0 Å². The van der Waals surface area contributed by atoms with Crippen LogP contribution in [0.3, 0.4) is 0 Å². The minimum atomic E-state index is -0.880. The molecule has 3 rings (SSSR count). The van der Waals surface area contributed by atoms with Crippen LogP contribution in [0.1, 0.15) is 28.8 Å². The predicted molar refractivity (Wildman–Crippen MR) is 75.7 cm³/mol. The fourth-order valence-corrected chi connectivity index (χ4v) is 2.40. The van der Waals surface area contributed by atoms with Crippen LogP contribution in [0.5, 0.6) is 0 Å². The van der Waals surface area contributed by atoms with E-state index < -0.39 is 17.5 Å². The molecule has 1 aliphatic rings. The molecule has 1 saturated carbocycles. The molecule has 0 N–H and O–H groups in total. The van der Waals surface area contributed by atoms with Gasteiger partial charge < -0.3 is 4.90 Å². The van der Waals surface area contributed by atoms with Gasteiger partial charge in [0.1, 0.15) is 17.5 Å². The van der Waals surface area contributed by atoms with Crippen LogP contribution in [0.15, 0.2) is 42.5 Å². The first-order chi connectivity index (χ1) is 10.5. The van der Waals surface area contributed by atoms with Gasteiger partial charge in [0, 0.05) is 18.7 Å². The summed E-state index contributed by atoms with van der Waals surface area (Å²) in [5.74, 6) is -2.48. The van der Waals surface area contributed by atoms with Crippen LogP contribution in [-0.2, 0) is 6.54 Å². The molecule has 2 aromatic rings. The normalized spacial score (nSPS) is 14.0. The van der Waals surface area contributed by atoms with Crippen molar-refractivity contribution in [1.82, 2.24) is 4.90 Å². The Morgan fingerprint density at radius 2 is 1.77 bits per heavy atom. The molecule has 0 spiro atoms. The van der Waals surface area contributed by atoms with E-state index in [2.05, 4.69) is 0 Å². The molecule has 0 aliphatic heterocycles. The molecule has 1 fully saturated rings. The van der Waals surface area contributed by atoms with Crippen LogP contribution in [-0.4, -0.2) is 16.8 Å². The molecule has 114 valence electrons. The molecule has 0 aromatic heterocycles. The van der Waals surface area contributed by atoms with Crippen molar-refractivity contribution in [2.45, 2.75) is 25.4 Å². The summed E-state index contributed by atoms with van der Waals surface area (Å²) in [5.41, 5.74) is 0.479. The minimum Gasteiger partial charge on any atom is -0.331 e. The first kappa shape index (κ1) is 14.6. The van der Waals surface area contributed by atoms with Crippen molar-refractivity contribution in [1.29, 1.82) is 0 Å². The van der Waals surface area contributed by atoms with Gasteiger partial charge in [-0.25, -0.2) is 13.2 Å². The number of hydrogen-bond acceptors (Lipinski definition) is 1. The van der Waals surface area contributed by atoms with Crippen molar-refractivity contribution in [3.63, 3.8) is 0 Å². The molecule has 0 atom stereocenters. The Morgan fingerprint density at radius 3 is 2.41 bits per heavy atom. The Balaban J connectivity index is 1.86. The van der Waals surface area contributed by atoms with Crippen molar-refractivity contribution < 1.29 is 18.0 Å². The highest BCUT2D eigenvalue weighted by Crippen LogP contribution is 2.30. The van der Waals surface area contributed by atoms with E-state index >= 15 is 0 Å². The Bertz CT molecular complexity index is 713. The maximum Gasteiger partial charge on any atom is 0.257 e. The van der Waals surface area contributed by atoms with Gasteiger partial charge in [0.25, 0.3) is 5.91 Å². The second-order valence-electron chi connectivity index (χ2n) is 5.42. The van der Waals surface area contributed by atoms with Crippen LogP contribution >= 0.6 is 0 Å². The highest BCUT2D eigenvalue weighted by molar-refractivity contribution is 5.94. The summed E-state index contributed by atoms with van der Waals surface area (Å²) in [7, 11) is 0. The smallest absolute Gasteiger partial charge is 0.257 e. The monoisotopic (exact) mass is 305 g/mol. The van der Waals surface area contributed by atoms with Gasteiger partial charge >= 0.3 is 0 Å². The number of carbonyl (C=O) groups is 1. The van der Waals surface area contributed by atoms with E-state index in [1.165, 1.54) is 17.0 Å². The first-order valence-electron chi connectivity index (χ1n) is 7.05.